The second kappa shape index (κ2) is 6.01. The normalized spacial score (nSPS) is 18.9. The maximum absolute atomic E-state index is 12.1. The second-order valence-corrected chi connectivity index (χ2v) is 5.25. The van der Waals surface area contributed by atoms with Gasteiger partial charge >= 0.3 is 0 Å². The van der Waals surface area contributed by atoms with E-state index in [1.54, 1.807) is 6.20 Å². The smallest absolute Gasteiger partial charge is 0.224 e. The lowest BCUT2D eigenvalue weighted by atomic mass is 9.98. The van der Waals surface area contributed by atoms with Crippen LogP contribution < -0.4 is 10.6 Å². The third-order valence-electron chi connectivity index (χ3n) is 3.84. The molecule has 0 spiro atoms. The minimum atomic E-state index is 0.103. The number of carbonyl (C=O) groups excluding carboxylic acids is 1. The molecule has 20 heavy (non-hydrogen) atoms. The van der Waals surface area contributed by atoms with E-state index >= 15 is 0 Å². The molecule has 104 valence electrons. The van der Waals surface area contributed by atoms with Crippen molar-refractivity contribution in [1.29, 1.82) is 0 Å². The van der Waals surface area contributed by atoms with E-state index in [0.717, 1.165) is 42.4 Å². The zero-order valence-corrected chi connectivity index (χ0v) is 11.4. The molecule has 0 radical (unpaired) electrons. The Hall–Kier alpha value is -1.94. The average Bonchev–Trinajstić information content (AvgIpc) is 2.53. The molecule has 2 N–H and O–H groups in total. The average molecular weight is 269 g/mol. The molecule has 1 aliphatic rings. The van der Waals surface area contributed by atoms with Crippen LogP contribution in [0.5, 0.6) is 0 Å². The molecule has 0 bridgehead atoms. The second-order valence-electron chi connectivity index (χ2n) is 5.25. The van der Waals surface area contributed by atoms with Crippen molar-refractivity contribution >= 4 is 16.8 Å². The number of amides is 1. The number of carbonyl (C=O) groups is 1. The highest BCUT2D eigenvalue weighted by molar-refractivity contribution is 5.83. The van der Waals surface area contributed by atoms with Crippen LogP contribution in [-0.4, -0.2) is 24.0 Å². The van der Waals surface area contributed by atoms with Crippen molar-refractivity contribution in [2.45, 2.75) is 19.4 Å². The lowest BCUT2D eigenvalue weighted by Gasteiger charge is -2.22. The Morgan fingerprint density at radius 1 is 1.35 bits per heavy atom. The summed E-state index contributed by atoms with van der Waals surface area (Å²) in [6.07, 6.45) is 3.85. The van der Waals surface area contributed by atoms with E-state index in [0.29, 0.717) is 6.54 Å². The van der Waals surface area contributed by atoms with Crippen molar-refractivity contribution < 1.29 is 4.79 Å². The molecule has 0 unspecified atom stereocenters. The lowest BCUT2D eigenvalue weighted by Crippen LogP contribution is -2.40. The van der Waals surface area contributed by atoms with Crippen molar-refractivity contribution in [3.8, 4) is 0 Å². The number of rotatable bonds is 3. The van der Waals surface area contributed by atoms with Gasteiger partial charge in [0.15, 0.2) is 0 Å². The zero-order chi connectivity index (χ0) is 13.8. The molecule has 0 saturated carbocycles. The quantitative estimate of drug-likeness (QED) is 0.894. The van der Waals surface area contributed by atoms with E-state index in [2.05, 4.69) is 15.6 Å². The first-order chi connectivity index (χ1) is 9.84. The third kappa shape index (κ3) is 2.80. The first-order valence-corrected chi connectivity index (χ1v) is 7.15. The van der Waals surface area contributed by atoms with E-state index in [4.69, 9.17) is 0 Å². The van der Waals surface area contributed by atoms with Gasteiger partial charge in [-0.15, -0.1) is 0 Å². The summed E-state index contributed by atoms with van der Waals surface area (Å²) in [5, 5.41) is 7.42. The molecular weight excluding hydrogens is 250 g/mol. The van der Waals surface area contributed by atoms with Gasteiger partial charge in [0.05, 0.1) is 11.4 Å². The number of nitrogens with one attached hydrogen (secondary N) is 2. The van der Waals surface area contributed by atoms with Crippen LogP contribution in [0.25, 0.3) is 10.9 Å². The highest BCUT2D eigenvalue weighted by Gasteiger charge is 2.20. The van der Waals surface area contributed by atoms with Crippen LogP contribution in [0.15, 0.2) is 36.5 Å². The first kappa shape index (κ1) is 13.1. The molecule has 1 amide bonds. The van der Waals surface area contributed by atoms with Crippen LogP contribution in [0.2, 0.25) is 0 Å². The Morgan fingerprint density at radius 2 is 2.25 bits per heavy atom. The Bertz CT molecular complexity index is 600. The Morgan fingerprint density at radius 3 is 3.10 bits per heavy atom. The van der Waals surface area contributed by atoms with Crippen LogP contribution >= 0.6 is 0 Å². The molecule has 1 aliphatic heterocycles. The summed E-state index contributed by atoms with van der Waals surface area (Å²) < 4.78 is 0. The van der Waals surface area contributed by atoms with Gasteiger partial charge < -0.3 is 10.6 Å². The van der Waals surface area contributed by atoms with E-state index in [1.807, 2.05) is 30.3 Å². The highest BCUT2D eigenvalue weighted by atomic mass is 16.1. The lowest BCUT2D eigenvalue weighted by molar-refractivity contribution is -0.125. The molecule has 1 atom stereocenters. The SMILES string of the molecule is O=C(NCc1cccc2cccnc12)[C@H]1CCCNC1. The van der Waals surface area contributed by atoms with Crippen LogP contribution in [0.1, 0.15) is 18.4 Å². The van der Waals surface area contributed by atoms with Gasteiger partial charge in [-0.05, 0) is 31.0 Å². The summed E-state index contributed by atoms with van der Waals surface area (Å²) in [4.78, 5) is 16.5. The summed E-state index contributed by atoms with van der Waals surface area (Å²) in [6.45, 7) is 2.36. The molecule has 0 aliphatic carbocycles. The van der Waals surface area contributed by atoms with Crippen molar-refractivity contribution in [1.82, 2.24) is 15.6 Å². The fourth-order valence-corrected chi connectivity index (χ4v) is 2.71. The molecular formula is C16H19N3O. The van der Waals surface area contributed by atoms with Crippen LogP contribution in [-0.2, 0) is 11.3 Å². The number of pyridine rings is 1. The minimum absolute atomic E-state index is 0.103. The van der Waals surface area contributed by atoms with Crippen LogP contribution in [0.4, 0.5) is 0 Å². The molecule has 1 aromatic carbocycles. The fraction of sp³-hybridized carbons (Fsp3) is 0.375. The topological polar surface area (TPSA) is 54.0 Å². The van der Waals surface area contributed by atoms with Gasteiger partial charge in [0, 0.05) is 24.7 Å². The highest BCUT2D eigenvalue weighted by Crippen LogP contribution is 2.16. The summed E-state index contributed by atoms with van der Waals surface area (Å²) in [5.74, 6) is 0.247. The van der Waals surface area contributed by atoms with Gasteiger partial charge in [0.25, 0.3) is 0 Å². The Labute approximate surface area is 118 Å². The van der Waals surface area contributed by atoms with E-state index in [-0.39, 0.29) is 11.8 Å². The number of piperidine rings is 1. The predicted octanol–water partition coefficient (Wildman–Crippen LogP) is 1.85. The summed E-state index contributed by atoms with van der Waals surface area (Å²) in [7, 11) is 0. The van der Waals surface area contributed by atoms with Crippen molar-refractivity contribution in [3.05, 3.63) is 42.1 Å². The van der Waals surface area contributed by atoms with Gasteiger partial charge in [-0.3, -0.25) is 9.78 Å². The van der Waals surface area contributed by atoms with E-state index in [1.165, 1.54) is 0 Å². The molecule has 1 aromatic heterocycles. The van der Waals surface area contributed by atoms with Gasteiger partial charge in [-0.1, -0.05) is 24.3 Å². The maximum atomic E-state index is 12.1. The summed E-state index contributed by atoms with van der Waals surface area (Å²) >= 11 is 0. The monoisotopic (exact) mass is 269 g/mol. The van der Waals surface area contributed by atoms with E-state index in [9.17, 15) is 4.79 Å². The van der Waals surface area contributed by atoms with Gasteiger partial charge in [-0.25, -0.2) is 0 Å². The van der Waals surface area contributed by atoms with Crippen molar-refractivity contribution in [3.63, 3.8) is 0 Å². The molecule has 3 rings (SSSR count). The summed E-state index contributed by atoms with van der Waals surface area (Å²) in [5.41, 5.74) is 2.04. The molecule has 1 saturated heterocycles. The largest absolute Gasteiger partial charge is 0.352 e. The minimum Gasteiger partial charge on any atom is -0.352 e. The number of hydrogen-bond donors (Lipinski definition) is 2. The fourth-order valence-electron chi connectivity index (χ4n) is 2.71. The van der Waals surface area contributed by atoms with Gasteiger partial charge in [-0.2, -0.15) is 0 Å². The van der Waals surface area contributed by atoms with Crippen LogP contribution in [0.3, 0.4) is 0 Å². The molecule has 4 heteroatoms. The predicted molar refractivity (Wildman–Crippen MR) is 79.2 cm³/mol. The number of para-hydroxylation sites is 1. The molecule has 1 fully saturated rings. The first-order valence-electron chi connectivity index (χ1n) is 7.15. The van der Waals surface area contributed by atoms with Gasteiger partial charge in [0.2, 0.25) is 5.91 Å². The number of nitrogens with zero attached hydrogens (tertiary/aromatic N) is 1. The number of benzene rings is 1. The number of aromatic nitrogens is 1. The van der Waals surface area contributed by atoms with Crippen LogP contribution in [0, 0.1) is 5.92 Å². The summed E-state index contributed by atoms with van der Waals surface area (Å²) in [6, 6.07) is 10.0. The molecule has 2 heterocycles. The molecule has 2 aromatic rings. The molecule has 4 nitrogen and oxygen atoms in total. The zero-order valence-electron chi connectivity index (χ0n) is 11.4. The number of fused-ring (bicyclic) bond motifs is 1. The Balaban J connectivity index is 1.69. The Kier molecular flexibility index (Phi) is 3.92. The van der Waals surface area contributed by atoms with Crippen molar-refractivity contribution in [2.24, 2.45) is 5.92 Å². The van der Waals surface area contributed by atoms with Gasteiger partial charge in [0.1, 0.15) is 0 Å². The maximum Gasteiger partial charge on any atom is 0.224 e. The third-order valence-corrected chi connectivity index (χ3v) is 3.84. The van der Waals surface area contributed by atoms with E-state index < -0.39 is 0 Å². The van der Waals surface area contributed by atoms with Crippen molar-refractivity contribution in [2.75, 3.05) is 13.1 Å². The number of hydrogen-bond acceptors (Lipinski definition) is 3. The standard InChI is InChI=1S/C16H19N3O/c20-16(14-7-2-8-17-10-14)19-11-13-5-1-4-12-6-3-9-18-15(12)13/h1,3-6,9,14,17H,2,7-8,10-11H2,(H,19,20)/t14-/m0/s1.